The van der Waals surface area contributed by atoms with Gasteiger partial charge in [0.1, 0.15) is 0 Å². The molecule has 2 aromatic carbocycles. The number of rotatable bonds is 3. The van der Waals surface area contributed by atoms with Crippen LogP contribution in [0.3, 0.4) is 0 Å². The summed E-state index contributed by atoms with van der Waals surface area (Å²) < 4.78 is 27.3. The molecule has 28 heavy (non-hydrogen) atoms. The summed E-state index contributed by atoms with van der Waals surface area (Å²) in [6.07, 6.45) is 7.25. The molecule has 0 aliphatic carbocycles. The number of nitrogens with one attached hydrogen (secondary N) is 2. The average Bonchev–Trinajstić information content (AvgIpc) is 3.37. The predicted molar refractivity (Wildman–Crippen MR) is 107 cm³/mol. The van der Waals surface area contributed by atoms with E-state index in [0.29, 0.717) is 5.56 Å². The summed E-state index contributed by atoms with van der Waals surface area (Å²) in [5, 5.41) is 1.11. The van der Waals surface area contributed by atoms with Crippen LogP contribution in [0.1, 0.15) is 0 Å². The van der Waals surface area contributed by atoms with Crippen molar-refractivity contribution in [2.24, 2.45) is 0 Å². The number of fused-ring (bicyclic) bond motifs is 1. The van der Waals surface area contributed by atoms with Crippen LogP contribution in [0.25, 0.3) is 44.4 Å². The molecular formula is C23H15F2N3. The highest BCUT2D eigenvalue weighted by molar-refractivity contribution is 6.01. The van der Waals surface area contributed by atoms with Crippen LogP contribution in [0.2, 0.25) is 0 Å². The molecular weight excluding hydrogens is 356 g/mol. The molecule has 0 fully saturated rings. The monoisotopic (exact) mass is 371 g/mol. The molecule has 0 atom stereocenters. The van der Waals surface area contributed by atoms with Gasteiger partial charge in [0.15, 0.2) is 11.6 Å². The van der Waals surface area contributed by atoms with Crippen LogP contribution in [0.4, 0.5) is 8.78 Å². The van der Waals surface area contributed by atoms with Gasteiger partial charge >= 0.3 is 0 Å². The largest absolute Gasteiger partial charge is 0.361 e. The molecule has 0 saturated heterocycles. The van der Waals surface area contributed by atoms with Crippen molar-refractivity contribution in [1.29, 1.82) is 0 Å². The van der Waals surface area contributed by atoms with E-state index in [2.05, 4.69) is 15.0 Å². The van der Waals surface area contributed by atoms with E-state index in [1.54, 1.807) is 18.5 Å². The molecule has 3 heterocycles. The number of pyridine rings is 1. The lowest BCUT2D eigenvalue weighted by atomic mass is 9.94. The van der Waals surface area contributed by atoms with E-state index < -0.39 is 11.6 Å². The minimum atomic E-state index is -0.874. The Kier molecular flexibility index (Phi) is 3.79. The molecule has 0 saturated carbocycles. The molecule has 3 aromatic heterocycles. The molecule has 2 N–H and O–H groups in total. The summed E-state index contributed by atoms with van der Waals surface area (Å²) in [6.45, 7) is 0. The number of hydrogen-bond acceptors (Lipinski definition) is 1. The van der Waals surface area contributed by atoms with Crippen molar-refractivity contribution in [3.63, 3.8) is 0 Å². The SMILES string of the molecule is Fc1ccc(-c2[nH]cc(-c3cccc4cc[nH]c34)c2-c2ccncc2)cc1F. The molecule has 0 aliphatic rings. The summed E-state index contributed by atoms with van der Waals surface area (Å²) in [7, 11) is 0. The Labute approximate surface area is 159 Å². The fourth-order valence-corrected chi connectivity index (χ4v) is 3.64. The van der Waals surface area contributed by atoms with Crippen LogP contribution >= 0.6 is 0 Å². The Morgan fingerprint density at radius 2 is 1.61 bits per heavy atom. The maximum Gasteiger partial charge on any atom is 0.159 e. The summed E-state index contributed by atoms with van der Waals surface area (Å²) in [4.78, 5) is 10.7. The highest BCUT2D eigenvalue weighted by Crippen LogP contribution is 2.41. The van der Waals surface area contributed by atoms with E-state index in [0.717, 1.165) is 44.9 Å². The fourth-order valence-electron chi connectivity index (χ4n) is 3.64. The topological polar surface area (TPSA) is 44.5 Å². The molecule has 0 bridgehead atoms. The van der Waals surface area contributed by atoms with Gasteiger partial charge in [-0.1, -0.05) is 18.2 Å². The third kappa shape index (κ3) is 2.60. The van der Waals surface area contributed by atoms with Crippen LogP contribution < -0.4 is 0 Å². The highest BCUT2D eigenvalue weighted by atomic mass is 19.2. The van der Waals surface area contributed by atoms with E-state index in [1.807, 2.05) is 48.8 Å². The van der Waals surface area contributed by atoms with Crippen molar-refractivity contribution >= 4 is 10.9 Å². The number of nitrogens with zero attached hydrogens (tertiary/aromatic N) is 1. The van der Waals surface area contributed by atoms with Gasteiger partial charge in [-0.05, 0) is 47.3 Å². The van der Waals surface area contributed by atoms with Gasteiger partial charge in [-0.15, -0.1) is 0 Å². The van der Waals surface area contributed by atoms with Crippen LogP contribution in [-0.2, 0) is 0 Å². The number of hydrogen-bond donors (Lipinski definition) is 2. The Balaban J connectivity index is 1.80. The van der Waals surface area contributed by atoms with E-state index in [9.17, 15) is 8.78 Å². The van der Waals surface area contributed by atoms with Crippen molar-refractivity contribution < 1.29 is 8.78 Å². The predicted octanol–water partition coefficient (Wildman–Crippen LogP) is 6.17. The molecule has 0 unspecified atom stereocenters. The van der Waals surface area contributed by atoms with Crippen molar-refractivity contribution in [3.05, 3.63) is 91.0 Å². The van der Waals surface area contributed by atoms with E-state index >= 15 is 0 Å². The Hall–Kier alpha value is -3.73. The van der Waals surface area contributed by atoms with E-state index in [-0.39, 0.29) is 0 Å². The first-order valence-electron chi connectivity index (χ1n) is 8.86. The lowest BCUT2D eigenvalue weighted by Crippen LogP contribution is -1.89. The van der Waals surface area contributed by atoms with Gasteiger partial charge in [-0.25, -0.2) is 8.78 Å². The minimum Gasteiger partial charge on any atom is -0.361 e. The number of aromatic amines is 2. The van der Waals surface area contributed by atoms with Crippen molar-refractivity contribution in [2.45, 2.75) is 0 Å². The lowest BCUT2D eigenvalue weighted by molar-refractivity contribution is 0.509. The standard InChI is InChI=1S/C23H15F2N3/c24-19-5-4-16(12-20(19)25)23-21(14-6-9-26-10-7-14)18(13-28-23)17-3-1-2-15-8-11-27-22(15)17/h1-13,27-28H. The second-order valence-corrected chi connectivity index (χ2v) is 6.56. The molecule has 3 nitrogen and oxygen atoms in total. The van der Waals surface area contributed by atoms with Gasteiger partial charge < -0.3 is 9.97 Å². The molecule has 5 heteroatoms. The molecule has 0 aliphatic heterocycles. The number of aromatic nitrogens is 3. The van der Waals surface area contributed by atoms with Crippen LogP contribution in [0, 0.1) is 11.6 Å². The summed E-state index contributed by atoms with van der Waals surface area (Å²) in [6, 6.07) is 15.9. The van der Waals surface area contributed by atoms with Gasteiger partial charge in [0, 0.05) is 47.0 Å². The Morgan fingerprint density at radius 1 is 0.750 bits per heavy atom. The maximum atomic E-state index is 13.9. The first kappa shape index (κ1) is 16.4. The third-order valence-corrected chi connectivity index (χ3v) is 4.93. The fraction of sp³-hybridized carbons (Fsp3) is 0. The third-order valence-electron chi connectivity index (χ3n) is 4.93. The molecule has 0 amide bonds. The maximum absolute atomic E-state index is 13.9. The van der Waals surface area contributed by atoms with Crippen molar-refractivity contribution in [1.82, 2.24) is 15.0 Å². The summed E-state index contributed by atoms with van der Waals surface area (Å²) in [5.41, 5.74) is 6.18. The first-order chi connectivity index (χ1) is 13.7. The normalized spacial score (nSPS) is 11.2. The van der Waals surface area contributed by atoms with Crippen molar-refractivity contribution in [2.75, 3.05) is 0 Å². The summed E-state index contributed by atoms with van der Waals surface area (Å²) in [5.74, 6) is -1.74. The quantitative estimate of drug-likeness (QED) is 0.391. The first-order valence-corrected chi connectivity index (χ1v) is 8.86. The van der Waals surface area contributed by atoms with Gasteiger partial charge in [0.25, 0.3) is 0 Å². The zero-order valence-corrected chi connectivity index (χ0v) is 14.7. The molecule has 0 radical (unpaired) electrons. The van der Waals surface area contributed by atoms with Gasteiger partial charge in [0.05, 0.1) is 11.2 Å². The van der Waals surface area contributed by atoms with Crippen molar-refractivity contribution in [3.8, 4) is 33.5 Å². The average molecular weight is 371 g/mol. The van der Waals surface area contributed by atoms with E-state index in [1.165, 1.54) is 6.07 Å². The number of halogens is 2. The van der Waals surface area contributed by atoms with Crippen LogP contribution in [0.15, 0.2) is 79.4 Å². The van der Waals surface area contributed by atoms with Crippen LogP contribution in [0.5, 0.6) is 0 Å². The summed E-state index contributed by atoms with van der Waals surface area (Å²) >= 11 is 0. The molecule has 0 spiro atoms. The molecule has 5 aromatic rings. The highest BCUT2D eigenvalue weighted by Gasteiger charge is 2.19. The Morgan fingerprint density at radius 3 is 2.43 bits per heavy atom. The molecule has 136 valence electrons. The number of benzene rings is 2. The van der Waals surface area contributed by atoms with E-state index in [4.69, 9.17) is 0 Å². The minimum absolute atomic E-state index is 0.579. The lowest BCUT2D eigenvalue weighted by Gasteiger charge is -2.10. The number of para-hydroxylation sites is 1. The second-order valence-electron chi connectivity index (χ2n) is 6.56. The molecule has 5 rings (SSSR count). The smallest absolute Gasteiger partial charge is 0.159 e. The zero-order valence-electron chi connectivity index (χ0n) is 14.7. The van der Waals surface area contributed by atoms with Gasteiger partial charge in [-0.2, -0.15) is 0 Å². The number of H-pyrrole nitrogens is 2. The van der Waals surface area contributed by atoms with Crippen LogP contribution in [-0.4, -0.2) is 15.0 Å². The Bertz CT molecular complexity index is 1290. The zero-order chi connectivity index (χ0) is 19.1. The van der Waals surface area contributed by atoms with Gasteiger partial charge in [0.2, 0.25) is 0 Å². The van der Waals surface area contributed by atoms with Gasteiger partial charge in [-0.3, -0.25) is 4.98 Å². The second kappa shape index (κ2) is 6.46.